The summed E-state index contributed by atoms with van der Waals surface area (Å²) in [6.07, 6.45) is 6.81. The van der Waals surface area contributed by atoms with Crippen molar-refractivity contribution in [2.24, 2.45) is 0 Å². The summed E-state index contributed by atoms with van der Waals surface area (Å²) in [7, 11) is 0. The third kappa shape index (κ3) is 4.27. The van der Waals surface area contributed by atoms with Crippen LogP contribution >= 0.6 is 11.3 Å². The monoisotopic (exact) mass is 487 g/mol. The largest absolute Gasteiger partial charge is 0.390 e. The second-order valence-electron chi connectivity index (χ2n) is 9.62. The topological polar surface area (TPSA) is 121 Å². The minimum atomic E-state index is -0.570. The van der Waals surface area contributed by atoms with Gasteiger partial charge in [-0.05, 0) is 56.9 Å². The number of aliphatic hydroxyl groups is 1. The number of fused-ring (bicyclic) bond motifs is 1. The minimum absolute atomic E-state index is 0.234. The summed E-state index contributed by atoms with van der Waals surface area (Å²) in [6, 6.07) is 10.1. The van der Waals surface area contributed by atoms with Crippen LogP contribution in [-0.4, -0.2) is 54.8 Å². The van der Waals surface area contributed by atoms with Gasteiger partial charge in [0.2, 0.25) is 0 Å². The van der Waals surface area contributed by atoms with E-state index in [1.54, 1.807) is 22.0 Å². The Morgan fingerprint density at radius 3 is 2.77 bits per heavy atom. The molecule has 6 rings (SSSR count). The minimum Gasteiger partial charge on any atom is -0.390 e. The molecule has 4 aromatic heterocycles. The second kappa shape index (κ2) is 8.68. The van der Waals surface area contributed by atoms with Gasteiger partial charge in [-0.1, -0.05) is 11.3 Å². The molecule has 0 bridgehead atoms. The van der Waals surface area contributed by atoms with Gasteiger partial charge in [0.05, 0.1) is 59.1 Å². The van der Waals surface area contributed by atoms with Crippen molar-refractivity contribution in [1.29, 1.82) is 5.26 Å². The number of aromatic nitrogens is 5. The molecule has 9 nitrogen and oxygen atoms in total. The van der Waals surface area contributed by atoms with Crippen LogP contribution in [-0.2, 0) is 4.74 Å². The molecule has 178 valence electrons. The maximum absolute atomic E-state index is 10.3. The fourth-order valence-electron chi connectivity index (χ4n) is 4.67. The van der Waals surface area contributed by atoms with E-state index in [2.05, 4.69) is 26.7 Å². The van der Waals surface area contributed by atoms with Crippen molar-refractivity contribution in [1.82, 2.24) is 24.8 Å². The summed E-state index contributed by atoms with van der Waals surface area (Å²) in [5.41, 5.74) is 4.25. The van der Waals surface area contributed by atoms with Gasteiger partial charge in [-0.15, -0.1) is 10.2 Å². The van der Waals surface area contributed by atoms with E-state index < -0.39 is 5.60 Å². The van der Waals surface area contributed by atoms with Crippen LogP contribution in [0.5, 0.6) is 0 Å². The molecule has 1 aliphatic heterocycles. The lowest BCUT2D eigenvalue weighted by Crippen LogP contribution is -2.40. The van der Waals surface area contributed by atoms with Gasteiger partial charge in [-0.25, -0.2) is 4.52 Å². The Morgan fingerprint density at radius 2 is 2.03 bits per heavy atom. The summed E-state index contributed by atoms with van der Waals surface area (Å²) in [4.78, 5) is 4.75. The van der Waals surface area contributed by atoms with E-state index in [0.29, 0.717) is 24.7 Å². The summed E-state index contributed by atoms with van der Waals surface area (Å²) in [5.74, 6) is 0.335. The molecule has 1 saturated carbocycles. The van der Waals surface area contributed by atoms with Gasteiger partial charge >= 0.3 is 0 Å². The van der Waals surface area contributed by atoms with Crippen LogP contribution in [0.25, 0.3) is 27.5 Å². The maximum atomic E-state index is 10.3. The number of nitrogens with zero attached hydrogens (tertiary/aromatic N) is 6. The maximum Gasteiger partial charge on any atom is 0.151 e. The Balaban J connectivity index is 1.34. The Hall–Kier alpha value is -3.39. The third-order valence-corrected chi connectivity index (χ3v) is 8.00. The lowest BCUT2D eigenvalue weighted by Gasteiger charge is -2.31. The quantitative estimate of drug-likeness (QED) is 0.433. The highest BCUT2D eigenvalue weighted by molar-refractivity contribution is 7.14. The molecular weight excluding hydrogens is 462 g/mol. The van der Waals surface area contributed by atoms with Crippen LogP contribution in [0.1, 0.15) is 49.1 Å². The molecule has 2 N–H and O–H groups in total. The number of rotatable bonds is 5. The Kier molecular flexibility index (Phi) is 5.48. The van der Waals surface area contributed by atoms with E-state index >= 15 is 0 Å². The molecular formula is C25H25N7O2S. The first-order valence-corrected chi connectivity index (χ1v) is 12.6. The lowest BCUT2D eigenvalue weighted by atomic mass is 9.80. The van der Waals surface area contributed by atoms with Crippen molar-refractivity contribution < 1.29 is 9.84 Å². The first-order valence-electron chi connectivity index (χ1n) is 11.8. The van der Waals surface area contributed by atoms with Crippen molar-refractivity contribution in [3.8, 4) is 28.0 Å². The molecule has 0 unspecified atom stereocenters. The van der Waals surface area contributed by atoms with Crippen LogP contribution < -0.4 is 5.32 Å². The molecule has 0 spiro atoms. The van der Waals surface area contributed by atoms with Gasteiger partial charge in [-0.2, -0.15) is 10.4 Å². The standard InChI is InChI=1S/C25H25N7O2S/c1-25(33)6-4-16(5-7-25)23-30-31-24(35-23)19-12-27-21(9-20(19)29-17-13-34-14-17)22-3-2-18-8-15(10-26)11-28-32(18)22/h2-3,8-9,11-12,16-17,33H,4-7,13-14H2,1H3,(H,27,29). The predicted octanol–water partition coefficient (Wildman–Crippen LogP) is 4.01. The first kappa shape index (κ1) is 22.1. The molecule has 0 amide bonds. The molecule has 0 aromatic carbocycles. The molecule has 10 heteroatoms. The molecule has 5 heterocycles. The van der Waals surface area contributed by atoms with Crippen LogP contribution in [0.3, 0.4) is 0 Å². The SMILES string of the molecule is CC1(O)CCC(c2nnc(-c3cnc(-c4ccc5cc(C#N)cnn45)cc3NC3COC3)s2)CC1. The molecule has 2 aliphatic rings. The van der Waals surface area contributed by atoms with Crippen molar-refractivity contribution in [2.75, 3.05) is 18.5 Å². The molecule has 1 aliphatic carbocycles. The van der Waals surface area contributed by atoms with Crippen molar-refractivity contribution in [3.05, 3.63) is 47.2 Å². The zero-order valence-corrected chi connectivity index (χ0v) is 20.1. The predicted molar refractivity (Wildman–Crippen MR) is 132 cm³/mol. The summed E-state index contributed by atoms with van der Waals surface area (Å²) in [5, 5.41) is 38.3. The number of ether oxygens (including phenoxy) is 1. The number of pyridine rings is 1. The van der Waals surface area contributed by atoms with E-state index in [-0.39, 0.29) is 6.04 Å². The van der Waals surface area contributed by atoms with Crippen LogP contribution in [0, 0.1) is 11.3 Å². The lowest BCUT2D eigenvalue weighted by molar-refractivity contribution is 0.0171. The number of anilines is 1. The highest BCUT2D eigenvalue weighted by Gasteiger charge is 2.31. The Labute approximate surface area is 206 Å². The molecule has 0 atom stereocenters. The average molecular weight is 488 g/mol. The van der Waals surface area contributed by atoms with E-state index in [9.17, 15) is 5.11 Å². The second-order valence-corrected chi connectivity index (χ2v) is 10.6. The number of nitrogens with one attached hydrogen (secondary N) is 1. The molecule has 1 saturated heterocycles. The van der Waals surface area contributed by atoms with Crippen LogP contribution in [0.4, 0.5) is 5.69 Å². The van der Waals surface area contributed by atoms with Crippen molar-refractivity contribution in [2.45, 2.75) is 50.2 Å². The van der Waals surface area contributed by atoms with E-state index in [1.165, 1.54) is 0 Å². The van der Waals surface area contributed by atoms with E-state index in [4.69, 9.17) is 15.0 Å². The van der Waals surface area contributed by atoms with Gasteiger partial charge in [0.15, 0.2) is 5.01 Å². The summed E-state index contributed by atoms with van der Waals surface area (Å²) >= 11 is 1.61. The van der Waals surface area contributed by atoms with Crippen molar-refractivity contribution >= 4 is 22.5 Å². The fourth-order valence-corrected chi connectivity index (χ4v) is 5.71. The highest BCUT2D eigenvalue weighted by Crippen LogP contribution is 2.41. The average Bonchev–Trinajstić information content (AvgIpc) is 3.48. The van der Waals surface area contributed by atoms with E-state index in [0.717, 1.165) is 63.9 Å². The number of nitriles is 1. The van der Waals surface area contributed by atoms with Crippen LogP contribution in [0.2, 0.25) is 0 Å². The normalized spacial score (nSPS) is 22.6. The molecule has 4 aromatic rings. The van der Waals surface area contributed by atoms with Gasteiger partial charge in [0.25, 0.3) is 0 Å². The Bertz CT molecular complexity index is 1420. The molecule has 2 fully saturated rings. The fraction of sp³-hybridized carbons (Fsp3) is 0.400. The number of hydrogen-bond donors (Lipinski definition) is 2. The molecule has 0 radical (unpaired) electrons. The molecule has 35 heavy (non-hydrogen) atoms. The van der Waals surface area contributed by atoms with Gasteiger partial charge in [-0.3, -0.25) is 4.98 Å². The Morgan fingerprint density at radius 1 is 1.20 bits per heavy atom. The highest BCUT2D eigenvalue weighted by atomic mass is 32.1. The smallest absolute Gasteiger partial charge is 0.151 e. The van der Waals surface area contributed by atoms with Gasteiger partial charge in [0, 0.05) is 17.8 Å². The number of hydrogen-bond acceptors (Lipinski definition) is 9. The van der Waals surface area contributed by atoms with Gasteiger partial charge in [0.1, 0.15) is 11.1 Å². The zero-order chi connectivity index (χ0) is 24.0. The zero-order valence-electron chi connectivity index (χ0n) is 19.3. The van der Waals surface area contributed by atoms with E-state index in [1.807, 2.05) is 37.4 Å². The summed E-state index contributed by atoms with van der Waals surface area (Å²) < 4.78 is 7.16. The summed E-state index contributed by atoms with van der Waals surface area (Å²) in [6.45, 7) is 3.23. The first-order chi connectivity index (χ1) is 17.0. The van der Waals surface area contributed by atoms with Crippen LogP contribution in [0.15, 0.2) is 36.7 Å². The van der Waals surface area contributed by atoms with Crippen molar-refractivity contribution in [3.63, 3.8) is 0 Å². The van der Waals surface area contributed by atoms with Gasteiger partial charge < -0.3 is 15.2 Å². The third-order valence-electron chi connectivity index (χ3n) is 6.88.